The standard InChI is InChI=1S/C29H32N2O6S/c1-6-36-23-15-19(7-12-22(23)32)16-24-27(33)31-26(21-10-8-20(9-11-21)17(2)3)25(18(4)30-29(31)38-24)28(34)37-14-13-35-5/h7-12,15-17,26,32H,6,13-14H2,1-5H3. The first kappa shape index (κ1) is 27.3. The summed E-state index contributed by atoms with van der Waals surface area (Å²) in [6.07, 6.45) is 1.74. The summed E-state index contributed by atoms with van der Waals surface area (Å²) in [5.74, 6) is 0.181. The van der Waals surface area contributed by atoms with Crippen LogP contribution in [0.4, 0.5) is 0 Å². The fourth-order valence-electron chi connectivity index (χ4n) is 4.30. The molecule has 0 bridgehead atoms. The second-order valence-electron chi connectivity index (χ2n) is 9.19. The average molecular weight is 537 g/mol. The summed E-state index contributed by atoms with van der Waals surface area (Å²) < 4.78 is 18.0. The highest BCUT2D eigenvalue weighted by Crippen LogP contribution is 2.32. The molecule has 8 nitrogen and oxygen atoms in total. The van der Waals surface area contributed by atoms with Crippen LogP contribution in [0.3, 0.4) is 0 Å². The van der Waals surface area contributed by atoms with Crippen molar-refractivity contribution in [3.05, 3.63) is 90.1 Å². The number of phenols is 1. The van der Waals surface area contributed by atoms with Gasteiger partial charge in [-0.2, -0.15) is 0 Å². The molecule has 1 atom stereocenters. The van der Waals surface area contributed by atoms with Gasteiger partial charge in [-0.1, -0.05) is 55.5 Å². The fraction of sp³-hybridized carbons (Fsp3) is 0.345. The van der Waals surface area contributed by atoms with Crippen LogP contribution in [0, 0.1) is 0 Å². The Morgan fingerprint density at radius 1 is 1.18 bits per heavy atom. The monoisotopic (exact) mass is 536 g/mol. The van der Waals surface area contributed by atoms with Crippen molar-refractivity contribution in [1.29, 1.82) is 0 Å². The minimum atomic E-state index is -0.691. The Kier molecular flexibility index (Phi) is 8.48. The molecule has 0 amide bonds. The molecule has 1 N–H and O–H groups in total. The Hall–Kier alpha value is -3.69. The summed E-state index contributed by atoms with van der Waals surface area (Å²) in [5.41, 5.74) is 3.19. The van der Waals surface area contributed by atoms with E-state index in [0.29, 0.717) is 44.4 Å². The van der Waals surface area contributed by atoms with E-state index in [1.165, 1.54) is 24.5 Å². The summed E-state index contributed by atoms with van der Waals surface area (Å²) >= 11 is 1.24. The molecular weight excluding hydrogens is 504 g/mol. The second kappa shape index (κ2) is 11.8. The van der Waals surface area contributed by atoms with Gasteiger partial charge in [-0.15, -0.1) is 0 Å². The topological polar surface area (TPSA) is 99.4 Å². The van der Waals surface area contributed by atoms with Crippen molar-refractivity contribution in [3.63, 3.8) is 0 Å². The Morgan fingerprint density at radius 2 is 1.92 bits per heavy atom. The lowest BCUT2D eigenvalue weighted by Crippen LogP contribution is -2.40. The van der Waals surface area contributed by atoms with Gasteiger partial charge in [0.1, 0.15) is 6.61 Å². The molecule has 4 rings (SSSR count). The highest BCUT2D eigenvalue weighted by molar-refractivity contribution is 7.07. The molecule has 2 aromatic carbocycles. The smallest absolute Gasteiger partial charge is 0.338 e. The number of carbonyl (C=O) groups is 1. The maximum atomic E-state index is 13.8. The van der Waals surface area contributed by atoms with Gasteiger partial charge in [-0.3, -0.25) is 9.36 Å². The normalized spacial score (nSPS) is 15.4. The molecule has 0 radical (unpaired) electrons. The number of methoxy groups -OCH3 is 1. The Balaban J connectivity index is 1.86. The Bertz CT molecular complexity index is 1530. The second-order valence-corrected chi connectivity index (χ2v) is 10.2. The van der Waals surface area contributed by atoms with Crippen LogP contribution in [-0.4, -0.2) is 42.6 Å². The van der Waals surface area contributed by atoms with Gasteiger partial charge in [0.05, 0.1) is 35.1 Å². The number of carbonyl (C=O) groups excluding carboxylic acids is 1. The van der Waals surface area contributed by atoms with Crippen molar-refractivity contribution in [2.24, 2.45) is 4.99 Å². The molecule has 0 fully saturated rings. The number of aromatic nitrogens is 1. The molecule has 1 unspecified atom stereocenters. The number of thiazole rings is 1. The summed E-state index contributed by atoms with van der Waals surface area (Å²) in [7, 11) is 1.54. The fourth-order valence-corrected chi connectivity index (χ4v) is 5.35. The van der Waals surface area contributed by atoms with Crippen molar-refractivity contribution < 1.29 is 24.1 Å². The number of phenolic OH excluding ortho intramolecular Hbond substituents is 1. The van der Waals surface area contributed by atoms with Crippen LogP contribution >= 0.6 is 11.3 Å². The lowest BCUT2D eigenvalue weighted by Gasteiger charge is -2.25. The van der Waals surface area contributed by atoms with Gasteiger partial charge in [-0.25, -0.2) is 9.79 Å². The van der Waals surface area contributed by atoms with Crippen LogP contribution in [0.2, 0.25) is 0 Å². The number of hydrogen-bond acceptors (Lipinski definition) is 8. The molecule has 2 heterocycles. The first-order chi connectivity index (χ1) is 18.2. The molecule has 0 spiro atoms. The van der Waals surface area contributed by atoms with Gasteiger partial charge < -0.3 is 19.3 Å². The number of aromatic hydroxyl groups is 1. The van der Waals surface area contributed by atoms with E-state index in [1.807, 2.05) is 31.2 Å². The quantitative estimate of drug-likeness (QED) is 0.331. The number of rotatable bonds is 9. The summed E-state index contributed by atoms with van der Waals surface area (Å²) in [4.78, 5) is 32.2. The Labute approximate surface area is 225 Å². The van der Waals surface area contributed by atoms with E-state index < -0.39 is 12.0 Å². The zero-order chi connectivity index (χ0) is 27.4. The lowest BCUT2D eigenvalue weighted by molar-refractivity contribution is -0.140. The predicted molar refractivity (Wildman–Crippen MR) is 146 cm³/mol. The molecule has 9 heteroatoms. The molecule has 1 aliphatic heterocycles. The van der Waals surface area contributed by atoms with Crippen LogP contribution in [0.5, 0.6) is 11.5 Å². The van der Waals surface area contributed by atoms with E-state index in [-0.39, 0.29) is 24.5 Å². The van der Waals surface area contributed by atoms with Crippen LogP contribution in [0.1, 0.15) is 56.3 Å². The summed E-state index contributed by atoms with van der Waals surface area (Å²) in [6, 6.07) is 12.2. The van der Waals surface area contributed by atoms with E-state index in [9.17, 15) is 14.7 Å². The Morgan fingerprint density at radius 3 is 2.58 bits per heavy atom. The third-order valence-corrected chi connectivity index (χ3v) is 7.25. The van der Waals surface area contributed by atoms with Gasteiger partial charge >= 0.3 is 5.97 Å². The minimum Gasteiger partial charge on any atom is -0.504 e. The molecule has 1 aliphatic rings. The number of benzene rings is 2. The SMILES string of the molecule is CCOc1cc(C=c2sc3n(c2=O)C(c2ccc(C(C)C)cc2)C(C(=O)OCCOC)=C(C)N=3)ccc1O. The van der Waals surface area contributed by atoms with Crippen molar-refractivity contribution in [3.8, 4) is 11.5 Å². The molecule has 3 aromatic rings. The van der Waals surface area contributed by atoms with Crippen molar-refractivity contribution in [1.82, 2.24) is 4.57 Å². The summed E-state index contributed by atoms with van der Waals surface area (Å²) in [6.45, 7) is 8.58. The van der Waals surface area contributed by atoms with Crippen molar-refractivity contribution in [2.45, 2.75) is 39.7 Å². The third kappa shape index (κ3) is 5.58. The maximum absolute atomic E-state index is 13.8. The van der Waals surface area contributed by atoms with Gasteiger partial charge in [0.25, 0.3) is 5.56 Å². The zero-order valence-electron chi connectivity index (χ0n) is 22.2. The number of allylic oxidation sites excluding steroid dienone is 1. The highest BCUT2D eigenvalue weighted by Gasteiger charge is 2.33. The third-order valence-electron chi connectivity index (χ3n) is 6.26. The number of nitrogens with zero attached hydrogens (tertiary/aromatic N) is 2. The summed E-state index contributed by atoms with van der Waals surface area (Å²) in [5, 5.41) is 10.0. The van der Waals surface area contributed by atoms with Crippen molar-refractivity contribution >= 4 is 23.4 Å². The molecule has 0 saturated heterocycles. The molecule has 0 aliphatic carbocycles. The van der Waals surface area contributed by atoms with E-state index in [2.05, 4.69) is 18.8 Å². The van der Waals surface area contributed by atoms with Gasteiger partial charge in [-0.05, 0) is 54.7 Å². The van der Waals surface area contributed by atoms with Gasteiger partial charge in [0.15, 0.2) is 16.3 Å². The number of esters is 1. The van der Waals surface area contributed by atoms with E-state index in [4.69, 9.17) is 14.2 Å². The van der Waals surface area contributed by atoms with E-state index in [0.717, 1.165) is 11.1 Å². The van der Waals surface area contributed by atoms with Crippen LogP contribution in [0.25, 0.3) is 6.08 Å². The minimum absolute atomic E-state index is 0.0301. The first-order valence-electron chi connectivity index (χ1n) is 12.5. The molecule has 200 valence electrons. The molecule has 38 heavy (non-hydrogen) atoms. The van der Waals surface area contributed by atoms with E-state index >= 15 is 0 Å². The molecular formula is C29H32N2O6S. The number of ether oxygens (including phenoxy) is 3. The van der Waals surface area contributed by atoms with Gasteiger partial charge in [0, 0.05) is 7.11 Å². The highest BCUT2D eigenvalue weighted by atomic mass is 32.1. The van der Waals surface area contributed by atoms with E-state index in [1.54, 1.807) is 29.7 Å². The van der Waals surface area contributed by atoms with Crippen LogP contribution in [-0.2, 0) is 14.3 Å². The number of fused-ring (bicyclic) bond motifs is 1. The van der Waals surface area contributed by atoms with Crippen LogP contribution in [0.15, 0.2) is 63.5 Å². The zero-order valence-corrected chi connectivity index (χ0v) is 23.0. The molecule has 0 saturated carbocycles. The van der Waals surface area contributed by atoms with Crippen molar-refractivity contribution in [2.75, 3.05) is 26.9 Å². The predicted octanol–water partition coefficient (Wildman–Crippen LogP) is 3.65. The van der Waals surface area contributed by atoms with Crippen LogP contribution < -0.4 is 19.6 Å². The number of hydrogen-bond donors (Lipinski definition) is 1. The lowest BCUT2D eigenvalue weighted by atomic mass is 9.93. The largest absolute Gasteiger partial charge is 0.504 e. The molecule has 1 aromatic heterocycles. The average Bonchev–Trinajstić information content (AvgIpc) is 3.19. The van der Waals surface area contributed by atoms with Gasteiger partial charge in [0.2, 0.25) is 0 Å². The maximum Gasteiger partial charge on any atom is 0.338 e. The first-order valence-corrected chi connectivity index (χ1v) is 13.3.